The van der Waals surface area contributed by atoms with E-state index in [1.807, 2.05) is 31.2 Å². The number of pyridine rings is 1. The molecule has 2 aromatic rings. The van der Waals surface area contributed by atoms with Crippen LogP contribution in [-0.2, 0) is 0 Å². The summed E-state index contributed by atoms with van der Waals surface area (Å²) in [6, 6.07) is 7.72. The molecule has 25 heavy (non-hydrogen) atoms. The zero-order valence-corrected chi connectivity index (χ0v) is 17.6. The molecular weight excluding hydrogens is 425 g/mol. The molecular formula is C18H24BrCl2N3O. The summed E-state index contributed by atoms with van der Waals surface area (Å²) in [7, 11) is 0. The largest absolute Gasteiger partial charge is 0.351 e. The Bertz CT molecular complexity index is 743. The van der Waals surface area contributed by atoms with Crippen LogP contribution in [0.1, 0.15) is 35.8 Å². The van der Waals surface area contributed by atoms with E-state index in [0.717, 1.165) is 47.0 Å². The highest BCUT2D eigenvalue weighted by molar-refractivity contribution is 9.10. The molecule has 1 amide bonds. The lowest BCUT2D eigenvalue weighted by molar-refractivity contribution is 0.0924. The number of rotatable bonds is 3. The van der Waals surface area contributed by atoms with Crippen molar-refractivity contribution in [1.82, 2.24) is 15.6 Å². The Balaban J connectivity index is 0.00000156. The summed E-state index contributed by atoms with van der Waals surface area (Å²) < 4.78 is 0.969. The van der Waals surface area contributed by atoms with Gasteiger partial charge in [-0.2, -0.15) is 0 Å². The van der Waals surface area contributed by atoms with E-state index in [9.17, 15) is 4.79 Å². The van der Waals surface area contributed by atoms with E-state index in [0.29, 0.717) is 12.1 Å². The third-order valence-corrected chi connectivity index (χ3v) is 5.12. The summed E-state index contributed by atoms with van der Waals surface area (Å²) in [6.07, 6.45) is 2.19. The van der Waals surface area contributed by atoms with Crippen LogP contribution in [0.25, 0.3) is 10.9 Å². The van der Waals surface area contributed by atoms with Crippen molar-refractivity contribution in [3.05, 3.63) is 40.0 Å². The van der Waals surface area contributed by atoms with Gasteiger partial charge < -0.3 is 10.6 Å². The molecule has 0 saturated carbocycles. The van der Waals surface area contributed by atoms with Crippen molar-refractivity contribution in [2.45, 2.75) is 26.7 Å². The number of hydrogen-bond donors (Lipinski definition) is 2. The maximum Gasteiger partial charge on any atom is 0.252 e. The van der Waals surface area contributed by atoms with Gasteiger partial charge in [-0.1, -0.05) is 28.9 Å². The number of piperidine rings is 1. The quantitative estimate of drug-likeness (QED) is 0.737. The van der Waals surface area contributed by atoms with E-state index < -0.39 is 0 Å². The average molecular weight is 449 g/mol. The number of aryl methyl sites for hydroxylation is 1. The zero-order chi connectivity index (χ0) is 16.4. The highest BCUT2D eigenvalue weighted by atomic mass is 79.9. The first-order chi connectivity index (χ1) is 11.0. The summed E-state index contributed by atoms with van der Waals surface area (Å²) in [5.74, 6) is -0.0115. The predicted octanol–water partition coefficient (Wildman–Crippen LogP) is 4.27. The smallest absolute Gasteiger partial charge is 0.252 e. The van der Waals surface area contributed by atoms with Crippen molar-refractivity contribution >= 4 is 57.6 Å². The molecule has 3 rings (SSSR count). The summed E-state index contributed by atoms with van der Waals surface area (Å²) in [6.45, 7) is 6.94. The Morgan fingerprint density at radius 2 is 1.96 bits per heavy atom. The molecule has 1 fully saturated rings. The minimum atomic E-state index is -0.0115. The summed E-state index contributed by atoms with van der Waals surface area (Å²) >= 11 is 3.46. The van der Waals surface area contributed by atoms with Crippen LogP contribution in [-0.4, -0.2) is 30.5 Å². The molecule has 138 valence electrons. The molecule has 0 aliphatic carbocycles. The highest BCUT2D eigenvalue weighted by Crippen LogP contribution is 2.27. The summed E-state index contributed by atoms with van der Waals surface area (Å²) in [4.78, 5) is 17.2. The SMILES string of the molecule is Cc1cc(C(=O)NCC2(C)CCNCC2)c2ccc(Br)cc2n1.Cl.Cl. The number of hydrogen-bond acceptors (Lipinski definition) is 3. The van der Waals surface area contributed by atoms with Gasteiger partial charge in [-0.3, -0.25) is 9.78 Å². The molecule has 2 heterocycles. The third-order valence-electron chi connectivity index (χ3n) is 4.63. The monoisotopic (exact) mass is 447 g/mol. The predicted molar refractivity (Wildman–Crippen MR) is 111 cm³/mol. The normalized spacial score (nSPS) is 15.8. The van der Waals surface area contributed by atoms with E-state index in [1.165, 1.54) is 0 Å². The number of nitrogens with zero attached hydrogens (tertiary/aromatic N) is 1. The number of carbonyl (C=O) groups excluding carboxylic acids is 1. The molecule has 2 N–H and O–H groups in total. The molecule has 0 bridgehead atoms. The molecule has 7 heteroatoms. The second kappa shape index (κ2) is 9.17. The first kappa shape index (κ1) is 22.2. The standard InChI is InChI=1S/C18H22BrN3O.2ClH/c1-12-9-15(14-4-3-13(19)10-16(14)22-12)17(23)21-11-18(2)5-7-20-8-6-18;;/h3-4,9-10,20H,5-8,11H2,1-2H3,(H,21,23);2*1H. The van der Waals surface area contributed by atoms with E-state index in [4.69, 9.17) is 0 Å². The molecule has 1 aromatic heterocycles. The van der Waals surface area contributed by atoms with Gasteiger partial charge in [0, 0.05) is 22.1 Å². The first-order valence-electron chi connectivity index (χ1n) is 8.03. The molecule has 0 radical (unpaired) electrons. The van der Waals surface area contributed by atoms with Gasteiger partial charge >= 0.3 is 0 Å². The Morgan fingerprint density at radius 1 is 1.28 bits per heavy atom. The molecule has 0 spiro atoms. The van der Waals surface area contributed by atoms with Gasteiger partial charge in [0.1, 0.15) is 0 Å². The molecule has 1 saturated heterocycles. The fourth-order valence-electron chi connectivity index (χ4n) is 3.12. The van der Waals surface area contributed by atoms with Gasteiger partial charge in [0.25, 0.3) is 5.91 Å². The van der Waals surface area contributed by atoms with Crippen LogP contribution in [0.15, 0.2) is 28.7 Å². The van der Waals surface area contributed by atoms with E-state index in [1.54, 1.807) is 0 Å². The molecule has 0 atom stereocenters. The van der Waals surface area contributed by atoms with E-state index in [-0.39, 0.29) is 36.1 Å². The van der Waals surface area contributed by atoms with Crippen LogP contribution in [0.2, 0.25) is 0 Å². The van der Waals surface area contributed by atoms with Crippen molar-refractivity contribution in [2.24, 2.45) is 5.41 Å². The molecule has 1 aromatic carbocycles. The van der Waals surface area contributed by atoms with Crippen molar-refractivity contribution in [3.8, 4) is 0 Å². The van der Waals surface area contributed by atoms with Crippen LogP contribution in [0, 0.1) is 12.3 Å². The minimum absolute atomic E-state index is 0. The number of nitrogens with one attached hydrogen (secondary N) is 2. The lowest BCUT2D eigenvalue weighted by Gasteiger charge is -2.34. The Morgan fingerprint density at radius 3 is 2.64 bits per heavy atom. The van der Waals surface area contributed by atoms with Gasteiger partial charge in [-0.25, -0.2) is 0 Å². The molecule has 4 nitrogen and oxygen atoms in total. The molecule has 1 aliphatic heterocycles. The van der Waals surface area contributed by atoms with Crippen LogP contribution in [0.4, 0.5) is 0 Å². The second-order valence-electron chi connectivity index (χ2n) is 6.72. The summed E-state index contributed by atoms with van der Waals surface area (Å²) in [5, 5.41) is 7.40. The lowest BCUT2D eigenvalue weighted by atomic mass is 9.81. The summed E-state index contributed by atoms with van der Waals surface area (Å²) in [5.41, 5.74) is 2.59. The second-order valence-corrected chi connectivity index (χ2v) is 7.63. The van der Waals surface area contributed by atoms with Crippen LogP contribution >= 0.6 is 40.7 Å². The van der Waals surface area contributed by atoms with Gasteiger partial charge in [0.15, 0.2) is 0 Å². The van der Waals surface area contributed by atoms with Crippen LogP contribution in [0.5, 0.6) is 0 Å². The Labute approximate surface area is 169 Å². The van der Waals surface area contributed by atoms with Crippen LogP contribution < -0.4 is 10.6 Å². The van der Waals surface area contributed by atoms with Crippen molar-refractivity contribution in [1.29, 1.82) is 0 Å². The van der Waals surface area contributed by atoms with Crippen LogP contribution in [0.3, 0.4) is 0 Å². The topological polar surface area (TPSA) is 54.0 Å². The fourth-order valence-corrected chi connectivity index (χ4v) is 3.47. The van der Waals surface area contributed by atoms with E-state index >= 15 is 0 Å². The number of amides is 1. The van der Waals surface area contributed by atoms with Gasteiger partial charge in [-0.15, -0.1) is 24.8 Å². The van der Waals surface area contributed by atoms with Crippen molar-refractivity contribution < 1.29 is 4.79 Å². The highest BCUT2D eigenvalue weighted by Gasteiger charge is 2.27. The average Bonchev–Trinajstić information content (AvgIpc) is 2.52. The number of carbonyl (C=O) groups is 1. The maximum atomic E-state index is 12.7. The fraction of sp³-hybridized carbons (Fsp3) is 0.444. The van der Waals surface area contributed by atoms with Gasteiger partial charge in [-0.05, 0) is 56.5 Å². The van der Waals surface area contributed by atoms with Crippen molar-refractivity contribution in [3.63, 3.8) is 0 Å². The van der Waals surface area contributed by atoms with Crippen molar-refractivity contribution in [2.75, 3.05) is 19.6 Å². The lowest BCUT2D eigenvalue weighted by Crippen LogP contribution is -2.42. The first-order valence-corrected chi connectivity index (χ1v) is 8.82. The number of aromatic nitrogens is 1. The molecule has 1 aliphatic rings. The van der Waals surface area contributed by atoms with E-state index in [2.05, 4.69) is 38.5 Å². The zero-order valence-electron chi connectivity index (χ0n) is 14.4. The Hall–Kier alpha value is -0.880. The third kappa shape index (κ3) is 5.30. The number of fused-ring (bicyclic) bond motifs is 1. The maximum absolute atomic E-state index is 12.7. The Kier molecular flexibility index (Phi) is 8.13. The molecule has 0 unspecified atom stereocenters. The number of halogens is 3. The van der Waals surface area contributed by atoms with Gasteiger partial charge in [0.2, 0.25) is 0 Å². The minimum Gasteiger partial charge on any atom is -0.351 e. The van der Waals surface area contributed by atoms with Gasteiger partial charge in [0.05, 0.1) is 11.1 Å². The number of benzene rings is 1.